The van der Waals surface area contributed by atoms with E-state index < -0.39 is 22.0 Å². The van der Waals surface area contributed by atoms with Crippen LogP contribution in [-0.2, 0) is 14.8 Å². The Kier molecular flexibility index (Phi) is 2.84. The number of hydrogen-bond donors (Lipinski definition) is 2. The average Bonchev–Trinajstić information content (AvgIpc) is 2.85. The van der Waals surface area contributed by atoms with Crippen LogP contribution in [-0.4, -0.2) is 20.4 Å². The van der Waals surface area contributed by atoms with Gasteiger partial charge in [-0.3, -0.25) is 0 Å². The number of fused-ring (bicyclic) bond motifs is 3. The first-order valence-electron chi connectivity index (χ1n) is 6.19. The summed E-state index contributed by atoms with van der Waals surface area (Å²) in [5.41, 5.74) is 1.37. The molecule has 0 saturated heterocycles. The topological polar surface area (TPSA) is 112 Å². The second-order valence-electron chi connectivity index (χ2n) is 5.09. The van der Waals surface area contributed by atoms with Gasteiger partial charge in [0.05, 0.1) is 16.9 Å². The SMILES string of the molecule is NS(=O)(=O)c1ccc2c(c1)[C@@H]1C=CC[C@H]1[C@H](C(=O)[O-])N2. The number of anilines is 1. The highest BCUT2D eigenvalue weighted by Crippen LogP contribution is 2.44. The number of carboxylic acids is 1. The zero-order valence-electron chi connectivity index (χ0n) is 10.4. The van der Waals surface area contributed by atoms with Crippen molar-refractivity contribution in [1.29, 1.82) is 0 Å². The van der Waals surface area contributed by atoms with Crippen molar-refractivity contribution in [2.75, 3.05) is 5.32 Å². The molecule has 3 rings (SSSR count). The van der Waals surface area contributed by atoms with Gasteiger partial charge in [0.15, 0.2) is 0 Å². The first-order valence-corrected chi connectivity index (χ1v) is 7.73. The molecule has 0 spiro atoms. The summed E-state index contributed by atoms with van der Waals surface area (Å²) in [5, 5.41) is 19.3. The number of allylic oxidation sites excluding steroid dienone is 2. The number of carbonyl (C=O) groups excluding carboxylic acids is 1. The van der Waals surface area contributed by atoms with Gasteiger partial charge in [0.1, 0.15) is 0 Å². The van der Waals surface area contributed by atoms with E-state index in [1.165, 1.54) is 12.1 Å². The first-order chi connectivity index (χ1) is 9.38. The summed E-state index contributed by atoms with van der Waals surface area (Å²) in [4.78, 5) is 11.2. The van der Waals surface area contributed by atoms with Crippen molar-refractivity contribution < 1.29 is 18.3 Å². The van der Waals surface area contributed by atoms with Gasteiger partial charge in [-0.2, -0.15) is 0 Å². The fourth-order valence-electron chi connectivity index (χ4n) is 2.98. The van der Waals surface area contributed by atoms with Crippen LogP contribution in [0.5, 0.6) is 0 Å². The van der Waals surface area contributed by atoms with Gasteiger partial charge in [-0.05, 0) is 36.1 Å². The van der Waals surface area contributed by atoms with Crippen LogP contribution in [0.2, 0.25) is 0 Å². The quantitative estimate of drug-likeness (QED) is 0.716. The van der Waals surface area contributed by atoms with Crippen LogP contribution in [0.4, 0.5) is 5.69 Å². The van der Waals surface area contributed by atoms with E-state index in [0.29, 0.717) is 12.1 Å². The molecule has 3 N–H and O–H groups in total. The number of sulfonamides is 1. The van der Waals surface area contributed by atoms with Gasteiger partial charge in [-0.1, -0.05) is 12.2 Å². The summed E-state index contributed by atoms with van der Waals surface area (Å²) in [5.74, 6) is -1.44. The van der Waals surface area contributed by atoms with Crippen LogP contribution in [0, 0.1) is 5.92 Å². The molecule has 0 unspecified atom stereocenters. The number of aliphatic carboxylic acids is 1. The molecule has 0 amide bonds. The summed E-state index contributed by atoms with van der Waals surface area (Å²) in [6.45, 7) is 0. The highest BCUT2D eigenvalue weighted by molar-refractivity contribution is 7.89. The van der Waals surface area contributed by atoms with Gasteiger partial charge in [-0.15, -0.1) is 0 Å². The van der Waals surface area contributed by atoms with Crippen molar-refractivity contribution in [3.05, 3.63) is 35.9 Å². The Bertz CT molecular complexity index is 711. The van der Waals surface area contributed by atoms with Gasteiger partial charge in [0.2, 0.25) is 10.0 Å². The summed E-state index contributed by atoms with van der Waals surface area (Å²) >= 11 is 0. The molecule has 1 aliphatic carbocycles. The molecule has 20 heavy (non-hydrogen) atoms. The molecule has 1 aromatic carbocycles. The van der Waals surface area contributed by atoms with Crippen molar-refractivity contribution in [1.82, 2.24) is 0 Å². The number of carboxylic acid groups (broad SMARTS) is 1. The first kappa shape index (κ1) is 13.1. The molecular formula is C13H13N2O4S-. The molecule has 0 aromatic heterocycles. The molecule has 1 aromatic rings. The van der Waals surface area contributed by atoms with Crippen LogP contribution in [0.1, 0.15) is 17.9 Å². The van der Waals surface area contributed by atoms with Crippen LogP contribution >= 0.6 is 0 Å². The second kappa shape index (κ2) is 4.32. The number of rotatable bonds is 2. The second-order valence-corrected chi connectivity index (χ2v) is 6.65. The van der Waals surface area contributed by atoms with Crippen LogP contribution in [0.15, 0.2) is 35.2 Å². The fraction of sp³-hybridized carbons (Fsp3) is 0.308. The van der Waals surface area contributed by atoms with Crippen molar-refractivity contribution in [3.63, 3.8) is 0 Å². The maximum absolute atomic E-state index is 11.4. The number of nitrogens with two attached hydrogens (primary N) is 1. The fourth-order valence-corrected chi connectivity index (χ4v) is 3.53. The maximum atomic E-state index is 11.4. The normalized spacial score (nSPS) is 27.6. The lowest BCUT2D eigenvalue weighted by Crippen LogP contribution is -2.48. The summed E-state index contributed by atoms with van der Waals surface area (Å²) in [6, 6.07) is 3.65. The minimum Gasteiger partial charge on any atom is -0.548 e. The Balaban J connectivity index is 2.11. The molecule has 0 saturated carbocycles. The number of hydrogen-bond acceptors (Lipinski definition) is 5. The molecule has 0 radical (unpaired) electrons. The molecule has 3 atom stereocenters. The van der Waals surface area contributed by atoms with E-state index in [1.807, 2.05) is 12.2 Å². The third kappa shape index (κ3) is 1.99. The largest absolute Gasteiger partial charge is 0.548 e. The highest BCUT2D eigenvalue weighted by Gasteiger charge is 2.38. The van der Waals surface area contributed by atoms with Gasteiger partial charge in [0, 0.05) is 11.6 Å². The Labute approximate surface area is 116 Å². The average molecular weight is 293 g/mol. The molecule has 2 aliphatic rings. The lowest BCUT2D eigenvalue weighted by atomic mass is 9.79. The minimum atomic E-state index is -3.78. The summed E-state index contributed by atoms with van der Waals surface area (Å²) < 4.78 is 22.8. The number of primary sulfonamides is 1. The van der Waals surface area contributed by atoms with E-state index in [0.717, 1.165) is 5.56 Å². The number of benzene rings is 1. The van der Waals surface area contributed by atoms with Crippen molar-refractivity contribution >= 4 is 21.7 Å². The predicted molar refractivity (Wildman–Crippen MR) is 70.2 cm³/mol. The summed E-state index contributed by atoms with van der Waals surface area (Å²) in [7, 11) is -3.78. The standard InChI is InChI=1S/C13H14N2O4S/c14-20(18,19)7-4-5-11-10(6-7)8-2-1-3-9(8)12(15-11)13(16)17/h1-2,4-6,8-9,12,15H,3H2,(H,16,17)(H2,14,18,19)/p-1/t8-,9-,12-/m1/s1. The van der Waals surface area contributed by atoms with Crippen molar-refractivity contribution in [2.45, 2.75) is 23.3 Å². The highest BCUT2D eigenvalue weighted by atomic mass is 32.2. The monoisotopic (exact) mass is 293 g/mol. The molecule has 1 aliphatic heterocycles. The lowest BCUT2D eigenvalue weighted by molar-refractivity contribution is -0.308. The van der Waals surface area contributed by atoms with Gasteiger partial charge < -0.3 is 15.2 Å². The third-order valence-electron chi connectivity index (χ3n) is 3.92. The Morgan fingerprint density at radius 1 is 1.40 bits per heavy atom. The van der Waals surface area contributed by atoms with E-state index >= 15 is 0 Å². The van der Waals surface area contributed by atoms with E-state index in [2.05, 4.69) is 5.32 Å². The van der Waals surface area contributed by atoms with Gasteiger partial charge in [-0.25, -0.2) is 13.6 Å². The maximum Gasteiger partial charge on any atom is 0.238 e. The van der Waals surface area contributed by atoms with E-state index in [1.54, 1.807) is 6.07 Å². The number of nitrogens with one attached hydrogen (secondary N) is 1. The molecule has 1 heterocycles. The van der Waals surface area contributed by atoms with Crippen molar-refractivity contribution in [2.24, 2.45) is 11.1 Å². The molecular weight excluding hydrogens is 280 g/mol. The Morgan fingerprint density at radius 2 is 2.15 bits per heavy atom. The van der Waals surface area contributed by atoms with Crippen molar-refractivity contribution in [3.8, 4) is 0 Å². The zero-order chi connectivity index (χ0) is 14.5. The lowest BCUT2D eigenvalue weighted by Gasteiger charge is -2.37. The number of carbonyl (C=O) groups is 1. The van der Waals surface area contributed by atoms with Gasteiger partial charge in [0.25, 0.3) is 0 Å². The smallest absolute Gasteiger partial charge is 0.238 e. The van der Waals surface area contributed by atoms with Gasteiger partial charge >= 0.3 is 0 Å². The van der Waals surface area contributed by atoms with Crippen LogP contribution in [0.3, 0.4) is 0 Å². The molecule has 106 valence electrons. The third-order valence-corrected chi connectivity index (χ3v) is 4.83. The predicted octanol–water partition coefficient (Wildman–Crippen LogP) is -0.462. The van der Waals surface area contributed by atoms with E-state index in [-0.39, 0.29) is 16.7 Å². The zero-order valence-corrected chi connectivity index (χ0v) is 11.3. The molecule has 0 fully saturated rings. The molecule has 0 bridgehead atoms. The Morgan fingerprint density at radius 3 is 2.80 bits per heavy atom. The molecule has 6 nitrogen and oxygen atoms in total. The minimum absolute atomic E-state index is 0.0315. The summed E-state index contributed by atoms with van der Waals surface area (Å²) in [6.07, 6.45) is 4.44. The van der Waals surface area contributed by atoms with Crippen LogP contribution < -0.4 is 15.6 Å². The van der Waals surface area contributed by atoms with Crippen LogP contribution in [0.25, 0.3) is 0 Å². The van der Waals surface area contributed by atoms with E-state index in [9.17, 15) is 18.3 Å². The van der Waals surface area contributed by atoms with E-state index in [4.69, 9.17) is 5.14 Å². The molecule has 7 heteroatoms. The Hall–Kier alpha value is -1.86.